The fourth-order valence-corrected chi connectivity index (χ4v) is 2.33. The standard InChI is InChI=1S/C17H23N3O2/c1-11-6-12(2)8-14(7-11)20-13(3)9-15(19-20)16(22)18-17(4,5)10-21/h6-9,21H,10H2,1-5H3,(H,18,22). The molecule has 1 aromatic carbocycles. The quantitative estimate of drug-likeness (QED) is 0.910. The summed E-state index contributed by atoms with van der Waals surface area (Å²) in [4.78, 5) is 12.3. The Morgan fingerprint density at radius 2 is 1.77 bits per heavy atom. The highest BCUT2D eigenvalue weighted by Crippen LogP contribution is 2.16. The lowest BCUT2D eigenvalue weighted by atomic mass is 10.1. The summed E-state index contributed by atoms with van der Waals surface area (Å²) in [5, 5.41) is 16.4. The van der Waals surface area contributed by atoms with Crippen molar-refractivity contribution in [3.8, 4) is 5.69 Å². The van der Waals surface area contributed by atoms with Crippen molar-refractivity contribution < 1.29 is 9.90 Å². The Labute approximate surface area is 131 Å². The van der Waals surface area contributed by atoms with Gasteiger partial charge >= 0.3 is 0 Å². The number of nitrogens with zero attached hydrogens (tertiary/aromatic N) is 2. The van der Waals surface area contributed by atoms with Gasteiger partial charge in [-0.15, -0.1) is 0 Å². The Bertz CT molecular complexity index is 682. The summed E-state index contributed by atoms with van der Waals surface area (Å²) in [5.41, 5.74) is 3.80. The summed E-state index contributed by atoms with van der Waals surface area (Å²) in [6, 6.07) is 7.92. The third-order valence-corrected chi connectivity index (χ3v) is 3.42. The van der Waals surface area contributed by atoms with Crippen LogP contribution < -0.4 is 5.32 Å². The van der Waals surface area contributed by atoms with Gasteiger partial charge in [0.1, 0.15) is 0 Å². The summed E-state index contributed by atoms with van der Waals surface area (Å²) < 4.78 is 1.76. The van der Waals surface area contributed by atoms with Gasteiger partial charge < -0.3 is 10.4 Å². The molecule has 0 saturated heterocycles. The largest absolute Gasteiger partial charge is 0.394 e. The summed E-state index contributed by atoms with van der Waals surface area (Å²) >= 11 is 0. The molecule has 0 aliphatic heterocycles. The van der Waals surface area contributed by atoms with Crippen LogP contribution in [0.4, 0.5) is 0 Å². The molecule has 5 nitrogen and oxygen atoms in total. The highest BCUT2D eigenvalue weighted by atomic mass is 16.3. The van der Waals surface area contributed by atoms with Gasteiger partial charge in [-0.25, -0.2) is 4.68 Å². The molecule has 2 rings (SSSR count). The fraction of sp³-hybridized carbons (Fsp3) is 0.412. The van der Waals surface area contributed by atoms with E-state index in [9.17, 15) is 9.90 Å². The zero-order chi connectivity index (χ0) is 16.5. The second kappa shape index (κ2) is 5.93. The van der Waals surface area contributed by atoms with Crippen molar-refractivity contribution in [1.82, 2.24) is 15.1 Å². The molecule has 2 N–H and O–H groups in total. The van der Waals surface area contributed by atoms with Gasteiger partial charge in [-0.2, -0.15) is 5.10 Å². The molecule has 1 amide bonds. The highest BCUT2D eigenvalue weighted by Gasteiger charge is 2.22. The Morgan fingerprint density at radius 1 is 1.18 bits per heavy atom. The van der Waals surface area contributed by atoms with Crippen LogP contribution in [0.2, 0.25) is 0 Å². The Balaban J connectivity index is 2.34. The minimum absolute atomic E-state index is 0.129. The average molecular weight is 301 g/mol. The van der Waals surface area contributed by atoms with Crippen LogP contribution in [0, 0.1) is 20.8 Å². The van der Waals surface area contributed by atoms with E-state index >= 15 is 0 Å². The van der Waals surface area contributed by atoms with Gasteiger partial charge in [-0.1, -0.05) is 6.07 Å². The molecular formula is C17H23N3O2. The van der Waals surface area contributed by atoms with Crippen molar-refractivity contribution in [2.45, 2.75) is 40.2 Å². The van der Waals surface area contributed by atoms with Gasteiger partial charge in [-0.3, -0.25) is 4.79 Å². The fourth-order valence-electron chi connectivity index (χ4n) is 2.33. The predicted molar refractivity (Wildman–Crippen MR) is 86.4 cm³/mol. The maximum atomic E-state index is 12.3. The summed E-state index contributed by atoms with van der Waals surface area (Å²) in [6.07, 6.45) is 0. The molecule has 118 valence electrons. The lowest BCUT2D eigenvalue weighted by Crippen LogP contribution is -2.46. The van der Waals surface area contributed by atoms with Gasteiger partial charge in [0, 0.05) is 5.69 Å². The lowest BCUT2D eigenvalue weighted by molar-refractivity contribution is 0.0864. The second-order valence-corrected chi connectivity index (χ2v) is 6.42. The van der Waals surface area contributed by atoms with Crippen molar-refractivity contribution in [3.05, 3.63) is 46.8 Å². The number of aliphatic hydroxyl groups excluding tert-OH is 1. The maximum Gasteiger partial charge on any atom is 0.272 e. The first-order valence-corrected chi connectivity index (χ1v) is 7.30. The van der Waals surface area contributed by atoms with Gasteiger partial charge in [-0.05, 0) is 63.9 Å². The van der Waals surface area contributed by atoms with Crippen LogP contribution in [-0.2, 0) is 0 Å². The first kappa shape index (κ1) is 16.2. The van der Waals surface area contributed by atoms with Crippen molar-refractivity contribution in [2.75, 3.05) is 6.61 Å². The molecule has 0 fully saturated rings. The molecule has 0 aliphatic rings. The smallest absolute Gasteiger partial charge is 0.272 e. The number of hydrogen-bond acceptors (Lipinski definition) is 3. The van der Waals surface area contributed by atoms with E-state index in [2.05, 4.69) is 16.5 Å². The van der Waals surface area contributed by atoms with Crippen LogP contribution >= 0.6 is 0 Å². The van der Waals surface area contributed by atoms with Gasteiger partial charge in [0.05, 0.1) is 17.8 Å². The molecule has 2 aromatic rings. The van der Waals surface area contributed by atoms with Crippen molar-refractivity contribution in [2.24, 2.45) is 0 Å². The van der Waals surface area contributed by atoms with E-state index in [1.54, 1.807) is 24.6 Å². The number of benzene rings is 1. The molecule has 0 atom stereocenters. The van der Waals surface area contributed by atoms with Crippen LogP contribution in [0.15, 0.2) is 24.3 Å². The van der Waals surface area contributed by atoms with Crippen LogP contribution in [0.1, 0.15) is 41.2 Å². The minimum Gasteiger partial charge on any atom is -0.394 e. The molecule has 0 bridgehead atoms. The summed E-state index contributed by atoms with van der Waals surface area (Å²) in [5.74, 6) is -0.287. The summed E-state index contributed by atoms with van der Waals surface area (Å²) in [6.45, 7) is 9.38. The number of amides is 1. The zero-order valence-corrected chi connectivity index (χ0v) is 13.8. The molecule has 0 spiro atoms. The number of carbonyl (C=O) groups is 1. The number of aryl methyl sites for hydroxylation is 3. The number of aliphatic hydroxyl groups is 1. The van der Waals surface area contributed by atoms with Crippen LogP contribution in [-0.4, -0.2) is 32.9 Å². The third kappa shape index (κ3) is 3.54. The molecule has 0 unspecified atom stereocenters. The first-order valence-electron chi connectivity index (χ1n) is 7.30. The van der Waals surface area contributed by atoms with Crippen molar-refractivity contribution in [3.63, 3.8) is 0 Å². The van der Waals surface area contributed by atoms with Crippen molar-refractivity contribution >= 4 is 5.91 Å². The molecule has 22 heavy (non-hydrogen) atoms. The normalized spacial score (nSPS) is 11.5. The van der Waals surface area contributed by atoms with Crippen LogP contribution in [0.3, 0.4) is 0 Å². The van der Waals surface area contributed by atoms with Gasteiger partial charge in [0.15, 0.2) is 5.69 Å². The number of hydrogen-bond donors (Lipinski definition) is 2. The number of carbonyl (C=O) groups excluding carboxylic acids is 1. The van der Waals surface area contributed by atoms with E-state index in [4.69, 9.17) is 0 Å². The van der Waals surface area contributed by atoms with Crippen molar-refractivity contribution in [1.29, 1.82) is 0 Å². The van der Waals surface area contributed by atoms with E-state index in [1.807, 2.05) is 32.9 Å². The molecule has 1 heterocycles. The number of nitrogens with one attached hydrogen (secondary N) is 1. The molecular weight excluding hydrogens is 278 g/mol. The lowest BCUT2D eigenvalue weighted by Gasteiger charge is -2.22. The van der Waals surface area contributed by atoms with E-state index in [1.165, 1.54) is 0 Å². The van der Waals surface area contributed by atoms with E-state index < -0.39 is 5.54 Å². The molecule has 0 saturated carbocycles. The third-order valence-electron chi connectivity index (χ3n) is 3.42. The van der Waals surface area contributed by atoms with E-state index in [0.717, 1.165) is 22.5 Å². The monoisotopic (exact) mass is 301 g/mol. The zero-order valence-electron chi connectivity index (χ0n) is 13.8. The number of aromatic nitrogens is 2. The molecule has 0 aliphatic carbocycles. The van der Waals surface area contributed by atoms with Gasteiger partial charge in [0.2, 0.25) is 0 Å². The second-order valence-electron chi connectivity index (χ2n) is 6.42. The SMILES string of the molecule is Cc1cc(C)cc(-n2nc(C(=O)NC(C)(C)CO)cc2C)c1. The Morgan fingerprint density at radius 3 is 2.32 bits per heavy atom. The van der Waals surface area contributed by atoms with Gasteiger partial charge in [0.25, 0.3) is 5.91 Å². The Kier molecular flexibility index (Phi) is 4.37. The van der Waals surface area contributed by atoms with Crippen LogP contribution in [0.5, 0.6) is 0 Å². The first-order chi connectivity index (χ1) is 10.2. The van der Waals surface area contributed by atoms with Crippen LogP contribution in [0.25, 0.3) is 5.69 Å². The summed E-state index contributed by atoms with van der Waals surface area (Å²) in [7, 11) is 0. The predicted octanol–water partition coefficient (Wildman–Crippen LogP) is 2.30. The number of rotatable bonds is 4. The molecule has 0 radical (unpaired) electrons. The van der Waals surface area contributed by atoms with E-state index in [0.29, 0.717) is 5.69 Å². The topological polar surface area (TPSA) is 67.2 Å². The minimum atomic E-state index is -0.672. The maximum absolute atomic E-state index is 12.3. The molecule has 5 heteroatoms. The van der Waals surface area contributed by atoms with E-state index in [-0.39, 0.29) is 12.5 Å². The average Bonchev–Trinajstić information content (AvgIpc) is 2.79. The highest BCUT2D eigenvalue weighted by molar-refractivity contribution is 5.93. The molecule has 1 aromatic heterocycles. The Hall–Kier alpha value is -2.14.